The van der Waals surface area contributed by atoms with Gasteiger partial charge in [-0.3, -0.25) is 9.59 Å². The molecular formula is C33H40Cl2N8O4. The monoisotopic (exact) mass is 682 g/mol. The number of amides is 3. The maximum Gasteiger partial charge on any atom is 0.408 e. The van der Waals surface area contributed by atoms with Crippen molar-refractivity contribution >= 4 is 52.0 Å². The molecule has 0 fully saturated rings. The average molecular weight is 684 g/mol. The Labute approximate surface area is 283 Å². The first-order valence-corrected chi connectivity index (χ1v) is 16.6. The molecule has 14 heteroatoms. The molecule has 4 aromatic rings. The van der Waals surface area contributed by atoms with E-state index >= 15 is 0 Å². The number of alkyl carbamates (subject to hydrolysis) is 1. The number of aromatic amines is 2. The van der Waals surface area contributed by atoms with E-state index in [0.717, 1.165) is 22.2 Å². The van der Waals surface area contributed by atoms with Gasteiger partial charge in [-0.15, -0.1) is 5.10 Å². The van der Waals surface area contributed by atoms with Crippen LogP contribution in [0.4, 0.5) is 4.79 Å². The normalized spacial score (nSPS) is 17.9. The average Bonchev–Trinajstić information content (AvgIpc) is 3.71. The molecule has 0 bridgehead atoms. The van der Waals surface area contributed by atoms with Crippen LogP contribution >= 0.6 is 23.2 Å². The summed E-state index contributed by atoms with van der Waals surface area (Å²) in [5.74, 6) is -0.537. The number of rotatable bonds is 12. The number of nitrogens with zero attached hydrogens (tertiary/aromatic N) is 3. The fraction of sp³-hybridized carbons (Fsp3) is 0.455. The Balaban J connectivity index is 1.46. The number of benzene rings is 2. The number of carbonyl (C=O) groups is 3. The minimum absolute atomic E-state index is 0.0516. The van der Waals surface area contributed by atoms with E-state index in [1.807, 2.05) is 64.1 Å². The molecule has 250 valence electrons. The SMILES string of the molecule is CC[C@H](C)C(NC(=O)OCc1ccccc1)C(=O)N[C@]1(C(=O)N[C@@H](CC(C)C)c2nnn[nH]2)CCc2[nH]c3c(Cl)cc(Cl)cc3c2C1. The molecule has 0 aliphatic heterocycles. The van der Waals surface area contributed by atoms with Crippen LogP contribution in [0.1, 0.15) is 75.6 Å². The third kappa shape index (κ3) is 7.87. The number of hydrogen-bond acceptors (Lipinski definition) is 7. The van der Waals surface area contributed by atoms with Gasteiger partial charge < -0.3 is 25.7 Å². The Morgan fingerprint density at radius 3 is 2.53 bits per heavy atom. The number of carbonyl (C=O) groups excluding carboxylic acids is 3. The fourth-order valence-corrected chi connectivity index (χ4v) is 6.60. The van der Waals surface area contributed by atoms with Gasteiger partial charge in [0.2, 0.25) is 11.8 Å². The minimum Gasteiger partial charge on any atom is -0.445 e. The molecule has 0 radical (unpaired) electrons. The lowest BCUT2D eigenvalue weighted by Crippen LogP contribution is -2.65. The van der Waals surface area contributed by atoms with Crippen molar-refractivity contribution < 1.29 is 19.1 Å². The van der Waals surface area contributed by atoms with E-state index in [9.17, 15) is 14.4 Å². The summed E-state index contributed by atoms with van der Waals surface area (Å²) < 4.78 is 5.44. The van der Waals surface area contributed by atoms with Gasteiger partial charge in [-0.2, -0.15) is 0 Å². The molecule has 2 heterocycles. The lowest BCUT2D eigenvalue weighted by molar-refractivity contribution is -0.136. The van der Waals surface area contributed by atoms with Gasteiger partial charge >= 0.3 is 6.09 Å². The second-order valence-electron chi connectivity index (χ2n) is 12.7. The summed E-state index contributed by atoms with van der Waals surface area (Å²) in [4.78, 5) is 45.0. The molecule has 1 aliphatic carbocycles. The molecular weight excluding hydrogens is 643 g/mol. The van der Waals surface area contributed by atoms with Gasteiger partial charge in [-0.1, -0.05) is 87.6 Å². The van der Waals surface area contributed by atoms with Crippen LogP contribution in [0.15, 0.2) is 42.5 Å². The van der Waals surface area contributed by atoms with Crippen molar-refractivity contribution in [2.45, 2.75) is 84.0 Å². The summed E-state index contributed by atoms with van der Waals surface area (Å²) in [6.45, 7) is 7.92. The van der Waals surface area contributed by atoms with Crippen LogP contribution in [-0.4, -0.2) is 55.1 Å². The highest BCUT2D eigenvalue weighted by Gasteiger charge is 2.46. The highest BCUT2D eigenvalue weighted by atomic mass is 35.5. The van der Waals surface area contributed by atoms with Crippen LogP contribution in [0.5, 0.6) is 0 Å². The van der Waals surface area contributed by atoms with Crippen LogP contribution in [0.3, 0.4) is 0 Å². The van der Waals surface area contributed by atoms with E-state index < -0.39 is 35.5 Å². The number of nitrogens with one attached hydrogen (secondary N) is 5. The molecule has 5 N–H and O–H groups in total. The second kappa shape index (κ2) is 14.7. The lowest BCUT2D eigenvalue weighted by Gasteiger charge is -2.39. The zero-order chi connectivity index (χ0) is 33.7. The fourth-order valence-electron chi connectivity index (χ4n) is 6.06. The van der Waals surface area contributed by atoms with Crippen LogP contribution in [0.2, 0.25) is 10.0 Å². The Kier molecular flexibility index (Phi) is 10.7. The van der Waals surface area contributed by atoms with Crippen molar-refractivity contribution in [2.75, 3.05) is 0 Å². The van der Waals surface area contributed by atoms with Gasteiger partial charge in [0.1, 0.15) is 18.2 Å². The number of halogens is 2. The Hall–Kier alpha value is -4.16. The van der Waals surface area contributed by atoms with Crippen molar-refractivity contribution in [3.63, 3.8) is 0 Å². The highest BCUT2D eigenvalue weighted by molar-refractivity contribution is 6.38. The summed E-state index contributed by atoms with van der Waals surface area (Å²) in [6.07, 6.45) is 1.31. The Bertz CT molecular complexity index is 1710. The van der Waals surface area contributed by atoms with Crippen molar-refractivity contribution in [1.29, 1.82) is 0 Å². The number of hydrogen-bond donors (Lipinski definition) is 5. The standard InChI is InChI=1S/C33H40Cl2N8O4/c1-5-19(4)27(38-32(46)47-17-20-9-7-6-8-10-20)30(44)39-33(31(45)37-26(13-18(2)3)29-40-42-43-41-29)12-11-25-23(16-33)22-14-21(34)15-24(35)28(22)36-25/h6-10,14-15,18-19,26-27,36H,5,11-13,16-17H2,1-4H3,(H,37,45)(H,38,46)(H,39,44)(H,40,41,42,43)/t19-,26-,27?,33+/m0/s1. The molecule has 1 unspecified atom stereocenters. The maximum atomic E-state index is 14.5. The summed E-state index contributed by atoms with van der Waals surface area (Å²) in [7, 11) is 0. The van der Waals surface area contributed by atoms with Crippen LogP contribution in [-0.2, 0) is 33.8 Å². The van der Waals surface area contributed by atoms with E-state index in [4.69, 9.17) is 27.9 Å². The third-order valence-corrected chi connectivity index (χ3v) is 9.30. The summed E-state index contributed by atoms with van der Waals surface area (Å²) in [5, 5.41) is 24.9. The Morgan fingerprint density at radius 1 is 1.09 bits per heavy atom. The minimum atomic E-state index is -1.39. The van der Waals surface area contributed by atoms with Crippen LogP contribution in [0.25, 0.3) is 10.9 Å². The first-order valence-electron chi connectivity index (χ1n) is 15.8. The quantitative estimate of drug-likeness (QED) is 0.130. The highest BCUT2D eigenvalue weighted by Crippen LogP contribution is 2.38. The van der Waals surface area contributed by atoms with Crippen molar-refractivity contribution in [2.24, 2.45) is 11.8 Å². The predicted octanol–water partition coefficient (Wildman–Crippen LogP) is 5.58. The largest absolute Gasteiger partial charge is 0.445 e. The zero-order valence-corrected chi connectivity index (χ0v) is 28.3. The van der Waals surface area contributed by atoms with Gasteiger partial charge in [0.25, 0.3) is 0 Å². The van der Waals surface area contributed by atoms with Crippen molar-refractivity contribution in [3.8, 4) is 0 Å². The van der Waals surface area contributed by atoms with Crippen LogP contribution in [0, 0.1) is 11.8 Å². The molecule has 0 saturated carbocycles. The summed E-state index contributed by atoms with van der Waals surface area (Å²) in [6, 6.07) is 11.2. The number of H-pyrrole nitrogens is 2. The van der Waals surface area contributed by atoms with Crippen LogP contribution < -0.4 is 16.0 Å². The van der Waals surface area contributed by atoms with Gasteiger partial charge in [0.05, 0.1) is 16.6 Å². The molecule has 5 rings (SSSR count). The maximum absolute atomic E-state index is 14.5. The van der Waals surface area contributed by atoms with Gasteiger partial charge in [-0.25, -0.2) is 9.89 Å². The first kappa shape index (κ1) is 34.2. The predicted molar refractivity (Wildman–Crippen MR) is 179 cm³/mol. The molecule has 3 amide bonds. The number of tetrazole rings is 1. The van der Waals surface area contributed by atoms with Gasteiger partial charge in [0.15, 0.2) is 5.82 Å². The molecule has 1 aliphatic rings. The van der Waals surface area contributed by atoms with E-state index in [0.29, 0.717) is 40.6 Å². The molecule has 0 spiro atoms. The number of aryl methyl sites for hydroxylation is 1. The first-order chi connectivity index (χ1) is 22.5. The molecule has 2 aromatic carbocycles. The van der Waals surface area contributed by atoms with E-state index in [1.165, 1.54) is 0 Å². The van der Waals surface area contributed by atoms with Gasteiger partial charge in [-0.05, 0) is 64.8 Å². The Morgan fingerprint density at radius 2 is 1.85 bits per heavy atom. The number of ether oxygens (including phenoxy) is 1. The smallest absolute Gasteiger partial charge is 0.408 e. The summed E-state index contributed by atoms with van der Waals surface area (Å²) in [5.41, 5.74) is 1.90. The summed E-state index contributed by atoms with van der Waals surface area (Å²) >= 11 is 12.9. The topological polar surface area (TPSA) is 167 Å². The van der Waals surface area contributed by atoms with Crippen molar-refractivity contribution in [1.82, 2.24) is 41.6 Å². The third-order valence-electron chi connectivity index (χ3n) is 8.78. The molecule has 12 nitrogen and oxygen atoms in total. The molecule has 0 saturated heterocycles. The van der Waals surface area contributed by atoms with E-state index in [-0.39, 0.29) is 31.3 Å². The second-order valence-corrected chi connectivity index (χ2v) is 13.5. The molecule has 2 aromatic heterocycles. The van der Waals surface area contributed by atoms with E-state index in [1.54, 1.807) is 6.07 Å². The number of aromatic nitrogens is 5. The molecule has 4 atom stereocenters. The number of fused-ring (bicyclic) bond motifs is 3. The van der Waals surface area contributed by atoms with Gasteiger partial charge in [0, 0.05) is 22.5 Å². The van der Waals surface area contributed by atoms with Crippen molar-refractivity contribution in [3.05, 3.63) is 75.2 Å². The van der Waals surface area contributed by atoms with E-state index in [2.05, 4.69) is 41.6 Å². The molecule has 47 heavy (non-hydrogen) atoms. The lowest BCUT2D eigenvalue weighted by atomic mass is 9.78. The zero-order valence-electron chi connectivity index (χ0n) is 26.8.